The molecule has 0 N–H and O–H groups in total. The van der Waals surface area contributed by atoms with Gasteiger partial charge in [0.15, 0.2) is 0 Å². The van der Waals surface area contributed by atoms with Crippen LogP contribution < -0.4 is 18.9 Å². The number of carbonyl (C=O) groups is 4. The minimum absolute atomic E-state index is 0.318. The van der Waals surface area contributed by atoms with Gasteiger partial charge in [0.25, 0.3) is 0 Å². The van der Waals surface area contributed by atoms with Crippen LogP contribution in [0.25, 0.3) is 0 Å². The van der Waals surface area contributed by atoms with E-state index in [0.29, 0.717) is 45.3 Å². The van der Waals surface area contributed by atoms with E-state index in [1.165, 1.54) is 0 Å². The minimum Gasteiger partial charge on any atom is -0.423 e. The summed E-state index contributed by atoms with van der Waals surface area (Å²) in [5, 5.41) is 0. The molecule has 8 nitrogen and oxygen atoms in total. The molecule has 296 valence electrons. The van der Waals surface area contributed by atoms with Crippen LogP contribution in [-0.2, 0) is 5.41 Å². The predicted molar refractivity (Wildman–Crippen MR) is 230 cm³/mol. The molecule has 8 rings (SSSR count). The highest BCUT2D eigenvalue weighted by Gasteiger charge is 2.39. The zero-order valence-electron chi connectivity index (χ0n) is 32.6. The number of rotatable bonds is 12. The lowest BCUT2D eigenvalue weighted by Crippen LogP contribution is -2.31. The number of benzene rings is 8. The number of hydrogen-bond donors (Lipinski definition) is 0. The second-order valence-corrected chi connectivity index (χ2v) is 13.9. The number of ether oxygens (including phenoxy) is 4. The summed E-state index contributed by atoms with van der Waals surface area (Å²) in [7, 11) is 0. The number of esters is 4. The van der Waals surface area contributed by atoms with E-state index in [1.54, 1.807) is 146 Å². The van der Waals surface area contributed by atoms with Crippen LogP contribution in [0.4, 0.5) is 0 Å². The third-order valence-electron chi connectivity index (χ3n) is 10.0. The highest BCUT2D eigenvalue weighted by atomic mass is 16.5. The third kappa shape index (κ3) is 8.89. The van der Waals surface area contributed by atoms with E-state index in [0.717, 1.165) is 22.3 Å². The van der Waals surface area contributed by atoms with Crippen LogP contribution in [-0.4, -0.2) is 23.9 Å². The SMILES string of the molecule is O=C(Oc1ccccc1)c1ccc(C(c2ccc(C(=O)Oc3ccccc3)cc2)(c2ccc(C(=O)Oc3ccccc3)cc2)c2ccc(C(=O)Oc3ccccc3)cc2)cc1. The van der Waals surface area contributed by atoms with Gasteiger partial charge in [-0.25, -0.2) is 19.2 Å². The molecule has 0 fully saturated rings. The smallest absolute Gasteiger partial charge is 0.343 e. The number of hydrogen-bond acceptors (Lipinski definition) is 8. The Labute approximate surface area is 352 Å². The Kier molecular flexibility index (Phi) is 11.7. The second kappa shape index (κ2) is 18.1. The highest BCUT2D eigenvalue weighted by Crippen LogP contribution is 2.45. The molecular formula is C53H36O8. The first kappa shape index (κ1) is 39.5. The first-order valence-electron chi connectivity index (χ1n) is 19.4. The molecule has 0 aromatic heterocycles. The lowest BCUT2D eigenvalue weighted by atomic mass is 9.65. The van der Waals surface area contributed by atoms with Crippen molar-refractivity contribution in [3.8, 4) is 23.0 Å². The Morgan fingerprint density at radius 1 is 0.246 bits per heavy atom. The van der Waals surface area contributed by atoms with Gasteiger partial charge in [-0.2, -0.15) is 0 Å². The van der Waals surface area contributed by atoms with E-state index in [-0.39, 0.29) is 0 Å². The van der Waals surface area contributed by atoms with E-state index in [1.807, 2.05) is 72.8 Å². The van der Waals surface area contributed by atoms with E-state index in [2.05, 4.69) is 0 Å². The van der Waals surface area contributed by atoms with Crippen LogP contribution in [0.5, 0.6) is 23.0 Å². The lowest BCUT2D eigenvalue weighted by molar-refractivity contribution is 0.0725. The fourth-order valence-corrected chi connectivity index (χ4v) is 7.04. The summed E-state index contributed by atoms with van der Waals surface area (Å²) in [5.41, 5.74) is 3.01. The van der Waals surface area contributed by atoms with Crippen LogP contribution >= 0.6 is 0 Å². The molecule has 0 saturated carbocycles. The largest absolute Gasteiger partial charge is 0.423 e. The van der Waals surface area contributed by atoms with Gasteiger partial charge in [-0.1, -0.05) is 121 Å². The molecule has 61 heavy (non-hydrogen) atoms. The van der Waals surface area contributed by atoms with Crippen molar-refractivity contribution in [1.29, 1.82) is 0 Å². The Morgan fingerprint density at radius 3 is 0.607 bits per heavy atom. The minimum atomic E-state index is -1.16. The third-order valence-corrected chi connectivity index (χ3v) is 10.0. The number of para-hydroxylation sites is 4. The molecule has 0 radical (unpaired) electrons. The predicted octanol–water partition coefficient (Wildman–Crippen LogP) is 10.9. The van der Waals surface area contributed by atoms with Crippen molar-refractivity contribution in [3.05, 3.63) is 263 Å². The lowest BCUT2D eigenvalue weighted by Gasteiger charge is -2.37. The van der Waals surface area contributed by atoms with Crippen molar-refractivity contribution in [1.82, 2.24) is 0 Å². The van der Waals surface area contributed by atoms with Crippen LogP contribution in [0.15, 0.2) is 218 Å². The summed E-state index contributed by atoms with van der Waals surface area (Å²) in [5.74, 6) is -0.497. The molecular weight excluding hydrogens is 765 g/mol. The van der Waals surface area contributed by atoms with Crippen LogP contribution in [0.1, 0.15) is 63.7 Å². The fraction of sp³-hybridized carbons (Fsp3) is 0.0189. The maximum absolute atomic E-state index is 13.3. The van der Waals surface area contributed by atoms with Gasteiger partial charge in [-0.15, -0.1) is 0 Å². The summed E-state index contributed by atoms with van der Waals surface area (Å²) in [6, 6.07) is 63.5. The maximum atomic E-state index is 13.3. The first-order valence-corrected chi connectivity index (χ1v) is 19.4. The highest BCUT2D eigenvalue weighted by molar-refractivity contribution is 5.93. The van der Waals surface area contributed by atoms with Gasteiger partial charge in [-0.3, -0.25) is 0 Å². The van der Waals surface area contributed by atoms with Crippen molar-refractivity contribution < 1.29 is 38.1 Å². The average Bonchev–Trinajstić information content (AvgIpc) is 3.31. The van der Waals surface area contributed by atoms with Crippen LogP contribution in [0.2, 0.25) is 0 Å². The summed E-state index contributed by atoms with van der Waals surface area (Å²) >= 11 is 0. The van der Waals surface area contributed by atoms with Crippen molar-refractivity contribution in [3.63, 3.8) is 0 Å². The van der Waals surface area contributed by atoms with Gasteiger partial charge in [0.05, 0.1) is 27.7 Å². The molecule has 0 spiro atoms. The normalized spacial score (nSPS) is 10.9. The molecule has 0 saturated heterocycles. The van der Waals surface area contributed by atoms with Gasteiger partial charge >= 0.3 is 23.9 Å². The summed E-state index contributed by atoms with van der Waals surface area (Å²) < 4.78 is 22.6. The number of carbonyl (C=O) groups excluding carboxylic acids is 4. The van der Waals surface area contributed by atoms with Gasteiger partial charge in [0.2, 0.25) is 0 Å². The van der Waals surface area contributed by atoms with Crippen LogP contribution in [0, 0.1) is 0 Å². The zero-order chi connectivity index (χ0) is 42.0. The fourth-order valence-electron chi connectivity index (χ4n) is 7.04. The van der Waals surface area contributed by atoms with Gasteiger partial charge in [0, 0.05) is 0 Å². The molecule has 0 bridgehead atoms. The molecule has 0 aliphatic rings. The Hall–Kier alpha value is -8.36. The quantitative estimate of drug-likeness (QED) is 0.0683. The monoisotopic (exact) mass is 800 g/mol. The van der Waals surface area contributed by atoms with E-state index in [9.17, 15) is 19.2 Å². The van der Waals surface area contributed by atoms with Crippen molar-refractivity contribution in [2.24, 2.45) is 0 Å². The average molecular weight is 801 g/mol. The zero-order valence-corrected chi connectivity index (χ0v) is 32.6. The van der Waals surface area contributed by atoms with Gasteiger partial charge in [0.1, 0.15) is 23.0 Å². The van der Waals surface area contributed by atoms with Crippen molar-refractivity contribution >= 4 is 23.9 Å². The second-order valence-electron chi connectivity index (χ2n) is 13.9. The van der Waals surface area contributed by atoms with Crippen molar-refractivity contribution in [2.75, 3.05) is 0 Å². The summed E-state index contributed by atoms with van der Waals surface area (Å²) in [4.78, 5) is 53.3. The Morgan fingerprint density at radius 2 is 0.426 bits per heavy atom. The standard InChI is InChI=1S/C53H36O8/c54-49(58-45-13-5-1-6-14-45)37-21-29-41(30-22-37)53(42-31-23-38(24-32-42)50(55)59-46-15-7-2-8-16-46,43-33-25-39(26-34-43)51(56)60-47-17-9-3-10-18-47)44-35-27-40(28-36-44)52(57)61-48-19-11-4-12-20-48/h1-36H. The van der Waals surface area contributed by atoms with E-state index >= 15 is 0 Å². The van der Waals surface area contributed by atoms with E-state index in [4.69, 9.17) is 18.9 Å². The van der Waals surface area contributed by atoms with Crippen LogP contribution in [0.3, 0.4) is 0 Å². The summed E-state index contributed by atoms with van der Waals surface area (Å²) in [6.07, 6.45) is 0. The molecule has 0 atom stereocenters. The summed E-state index contributed by atoms with van der Waals surface area (Å²) in [6.45, 7) is 0. The molecule has 8 aromatic rings. The first-order chi connectivity index (χ1) is 29.9. The molecule has 0 aliphatic carbocycles. The molecule has 8 heteroatoms. The van der Waals surface area contributed by atoms with E-state index < -0.39 is 29.3 Å². The van der Waals surface area contributed by atoms with Gasteiger partial charge in [-0.05, 0) is 119 Å². The Balaban J connectivity index is 1.24. The molecule has 0 unspecified atom stereocenters. The molecule has 8 aromatic carbocycles. The topological polar surface area (TPSA) is 105 Å². The molecule has 0 heterocycles. The molecule has 0 aliphatic heterocycles. The van der Waals surface area contributed by atoms with Crippen molar-refractivity contribution in [2.45, 2.75) is 5.41 Å². The van der Waals surface area contributed by atoms with Gasteiger partial charge < -0.3 is 18.9 Å². The molecule has 0 amide bonds. The Bertz CT molecular complexity index is 2360. The maximum Gasteiger partial charge on any atom is 0.343 e.